The molecule has 0 aliphatic heterocycles. The van der Waals surface area contributed by atoms with Crippen LogP contribution in [0.2, 0.25) is 5.02 Å². The lowest BCUT2D eigenvalue weighted by Gasteiger charge is -2.32. The fraction of sp³-hybridized carbons (Fsp3) is 0.480. The number of nitrogens with zero attached hydrogens (tertiary/aromatic N) is 1. The average Bonchev–Trinajstić information content (AvgIpc) is 2.72. The van der Waals surface area contributed by atoms with Gasteiger partial charge < -0.3 is 10.1 Å². The van der Waals surface area contributed by atoms with Gasteiger partial charge in [0.2, 0.25) is 15.9 Å². The number of aryl methyl sites for hydroxylation is 2. The van der Waals surface area contributed by atoms with Crippen molar-refractivity contribution >= 4 is 33.2 Å². The maximum Gasteiger partial charge on any atom is 0.244 e. The van der Waals surface area contributed by atoms with E-state index in [2.05, 4.69) is 25.2 Å². The van der Waals surface area contributed by atoms with Gasteiger partial charge in [-0.2, -0.15) is 0 Å². The van der Waals surface area contributed by atoms with Crippen LogP contribution in [-0.2, 0) is 14.8 Å². The second-order valence-corrected chi connectivity index (χ2v) is 11.0. The van der Waals surface area contributed by atoms with Crippen molar-refractivity contribution in [3.8, 4) is 5.75 Å². The molecule has 2 aromatic carbocycles. The predicted molar refractivity (Wildman–Crippen MR) is 136 cm³/mol. The van der Waals surface area contributed by atoms with Gasteiger partial charge in [0, 0.05) is 5.02 Å². The summed E-state index contributed by atoms with van der Waals surface area (Å²) < 4.78 is 32.3. The Kier molecular flexibility index (Phi) is 8.82. The third-order valence-corrected chi connectivity index (χ3v) is 7.20. The summed E-state index contributed by atoms with van der Waals surface area (Å²) in [5, 5.41) is 3.43. The van der Waals surface area contributed by atoms with Gasteiger partial charge in [-0.15, -0.1) is 0 Å². The minimum Gasteiger partial charge on any atom is -0.496 e. The smallest absolute Gasteiger partial charge is 0.244 e. The molecule has 182 valence electrons. The number of carbonyl (C=O) groups is 1. The Morgan fingerprint density at radius 1 is 1.09 bits per heavy atom. The number of nitrogens with one attached hydrogen (secondary N) is 1. The van der Waals surface area contributed by atoms with Crippen molar-refractivity contribution in [2.45, 2.75) is 66.0 Å². The molecule has 8 heteroatoms. The summed E-state index contributed by atoms with van der Waals surface area (Å²) >= 11 is 6.15. The zero-order valence-corrected chi connectivity index (χ0v) is 22.3. The van der Waals surface area contributed by atoms with Crippen molar-refractivity contribution in [3.63, 3.8) is 0 Å². The van der Waals surface area contributed by atoms with Crippen molar-refractivity contribution in [3.05, 3.63) is 57.6 Å². The van der Waals surface area contributed by atoms with E-state index in [-0.39, 0.29) is 17.9 Å². The van der Waals surface area contributed by atoms with E-state index in [9.17, 15) is 13.2 Å². The highest BCUT2D eigenvalue weighted by atomic mass is 35.5. The number of rotatable bonds is 9. The number of sulfonamides is 1. The van der Waals surface area contributed by atoms with Gasteiger partial charge in [-0.25, -0.2) is 8.42 Å². The molecule has 0 aliphatic rings. The van der Waals surface area contributed by atoms with Crippen molar-refractivity contribution in [2.24, 2.45) is 0 Å². The summed E-state index contributed by atoms with van der Waals surface area (Å²) in [5.74, 6) is 0.698. The number of methoxy groups -OCH3 is 1. The second kappa shape index (κ2) is 10.8. The molecule has 0 aromatic heterocycles. The van der Waals surface area contributed by atoms with E-state index < -0.39 is 16.1 Å². The van der Waals surface area contributed by atoms with E-state index in [4.69, 9.17) is 16.3 Å². The Labute approximate surface area is 203 Å². The summed E-state index contributed by atoms with van der Waals surface area (Å²) in [6.45, 7) is 11.6. The molecule has 0 bridgehead atoms. The van der Waals surface area contributed by atoms with Crippen LogP contribution < -0.4 is 14.4 Å². The number of halogens is 1. The van der Waals surface area contributed by atoms with E-state index in [1.807, 2.05) is 19.9 Å². The molecule has 0 fully saturated rings. The first-order chi connectivity index (χ1) is 15.3. The maximum absolute atomic E-state index is 13.4. The molecule has 0 unspecified atom stereocenters. The standard InChI is InChI=1S/C25H35ClN2O4S/c1-9-22(28(33(8,30)31)23-13-19(26)11-10-16(23)4)25(29)27-18(6)21-14-20(15(2)3)24(32-7)12-17(21)5/h10-15,18,22H,9H2,1-8H3,(H,27,29)/t18-,22-/m0/s1. The van der Waals surface area contributed by atoms with Crippen LogP contribution in [0.5, 0.6) is 5.75 Å². The molecule has 0 heterocycles. The van der Waals surface area contributed by atoms with Crippen LogP contribution in [0.3, 0.4) is 0 Å². The van der Waals surface area contributed by atoms with Crippen LogP contribution in [0.4, 0.5) is 5.69 Å². The fourth-order valence-corrected chi connectivity index (χ4v) is 5.48. The van der Waals surface area contributed by atoms with E-state index in [1.54, 1.807) is 39.2 Å². The van der Waals surface area contributed by atoms with E-state index in [0.717, 1.165) is 34.3 Å². The first kappa shape index (κ1) is 27.0. The molecule has 2 rings (SSSR count). The average molecular weight is 495 g/mol. The summed E-state index contributed by atoms with van der Waals surface area (Å²) in [6, 6.07) is 7.82. The Bertz CT molecular complexity index is 1120. The van der Waals surface area contributed by atoms with Crippen molar-refractivity contribution in [1.82, 2.24) is 5.32 Å². The Morgan fingerprint density at radius 3 is 2.24 bits per heavy atom. The van der Waals surface area contributed by atoms with Crippen LogP contribution in [0, 0.1) is 13.8 Å². The molecule has 33 heavy (non-hydrogen) atoms. The monoisotopic (exact) mass is 494 g/mol. The zero-order valence-electron chi connectivity index (χ0n) is 20.7. The molecule has 0 saturated heterocycles. The lowest BCUT2D eigenvalue weighted by molar-refractivity contribution is -0.122. The normalized spacial score (nSPS) is 13.5. The van der Waals surface area contributed by atoms with Crippen LogP contribution in [0.1, 0.15) is 68.3 Å². The van der Waals surface area contributed by atoms with Crippen molar-refractivity contribution < 1.29 is 17.9 Å². The van der Waals surface area contributed by atoms with Gasteiger partial charge in [-0.3, -0.25) is 9.10 Å². The lowest BCUT2D eigenvalue weighted by atomic mass is 9.93. The molecule has 1 amide bonds. The summed E-state index contributed by atoms with van der Waals surface area (Å²) in [6.07, 6.45) is 1.41. The minimum atomic E-state index is -3.75. The van der Waals surface area contributed by atoms with E-state index in [1.165, 1.54) is 4.31 Å². The second-order valence-electron chi connectivity index (χ2n) is 8.75. The molecule has 0 saturated carbocycles. The quantitative estimate of drug-likeness (QED) is 0.498. The molecular weight excluding hydrogens is 460 g/mol. The predicted octanol–water partition coefficient (Wildman–Crippen LogP) is 5.51. The molecule has 0 aliphatic carbocycles. The Morgan fingerprint density at radius 2 is 1.73 bits per heavy atom. The Balaban J connectivity index is 2.44. The summed E-state index contributed by atoms with van der Waals surface area (Å²) in [4.78, 5) is 13.4. The van der Waals surface area contributed by atoms with Gasteiger partial charge in [0.25, 0.3) is 0 Å². The van der Waals surface area contributed by atoms with Gasteiger partial charge in [-0.05, 0) is 79.6 Å². The number of amides is 1. The van der Waals surface area contributed by atoms with E-state index in [0.29, 0.717) is 17.1 Å². The highest BCUT2D eigenvalue weighted by Crippen LogP contribution is 2.33. The first-order valence-corrected chi connectivity index (χ1v) is 13.3. The Hall–Kier alpha value is -2.25. The number of hydrogen-bond donors (Lipinski definition) is 1. The van der Waals surface area contributed by atoms with Crippen LogP contribution in [0.25, 0.3) is 0 Å². The summed E-state index contributed by atoms with van der Waals surface area (Å²) in [7, 11) is -2.10. The number of benzene rings is 2. The van der Waals surface area contributed by atoms with Crippen LogP contribution in [0.15, 0.2) is 30.3 Å². The molecule has 6 nitrogen and oxygen atoms in total. The molecule has 0 radical (unpaired) electrons. The van der Waals surface area contributed by atoms with Crippen molar-refractivity contribution in [2.75, 3.05) is 17.7 Å². The van der Waals surface area contributed by atoms with Gasteiger partial charge in [0.1, 0.15) is 11.8 Å². The van der Waals surface area contributed by atoms with Crippen LogP contribution >= 0.6 is 11.6 Å². The highest BCUT2D eigenvalue weighted by molar-refractivity contribution is 7.92. The maximum atomic E-state index is 13.4. The molecular formula is C25H35ClN2O4S. The molecule has 0 spiro atoms. The summed E-state index contributed by atoms with van der Waals surface area (Å²) in [5.41, 5.74) is 4.13. The first-order valence-electron chi connectivity index (χ1n) is 11.1. The van der Waals surface area contributed by atoms with Gasteiger partial charge in [-0.1, -0.05) is 38.4 Å². The van der Waals surface area contributed by atoms with Gasteiger partial charge in [0.05, 0.1) is 25.1 Å². The zero-order chi connectivity index (χ0) is 25.1. The van der Waals surface area contributed by atoms with Gasteiger partial charge in [0.15, 0.2) is 0 Å². The lowest BCUT2D eigenvalue weighted by Crippen LogP contribution is -2.50. The third kappa shape index (κ3) is 6.21. The number of anilines is 1. The van der Waals surface area contributed by atoms with E-state index >= 15 is 0 Å². The van der Waals surface area contributed by atoms with Gasteiger partial charge >= 0.3 is 0 Å². The molecule has 2 atom stereocenters. The minimum absolute atomic E-state index is 0.247. The molecule has 1 N–H and O–H groups in total. The van der Waals surface area contributed by atoms with Crippen LogP contribution in [-0.4, -0.2) is 33.7 Å². The number of ether oxygens (including phenoxy) is 1. The molecule has 2 aromatic rings. The SMILES string of the molecule is CC[C@@H](C(=O)N[C@@H](C)c1cc(C(C)C)c(OC)cc1C)N(c1cc(Cl)ccc1C)S(C)(=O)=O. The number of carbonyl (C=O) groups excluding carboxylic acids is 1. The number of hydrogen-bond acceptors (Lipinski definition) is 4. The fourth-order valence-electron chi connectivity index (χ4n) is 4.05. The third-order valence-electron chi connectivity index (χ3n) is 5.80. The van der Waals surface area contributed by atoms with Crippen molar-refractivity contribution in [1.29, 1.82) is 0 Å². The topological polar surface area (TPSA) is 75.7 Å². The largest absolute Gasteiger partial charge is 0.496 e. The highest BCUT2D eigenvalue weighted by Gasteiger charge is 2.33.